The molecule has 7 rings (SSSR count). The smallest absolute Gasteiger partial charge is 0.232 e. The Balaban J connectivity index is 1.70. The highest BCUT2D eigenvalue weighted by Gasteiger charge is 2.16. The van der Waals surface area contributed by atoms with E-state index in [4.69, 9.17) is 9.97 Å². The highest BCUT2D eigenvalue weighted by Crippen LogP contribution is 2.32. The number of H-pyrrole nitrogens is 2. The molecule has 0 fully saturated rings. The molecular weight excluding hydrogens is 472 g/mol. The standard InChI is InChI=1S/C26H20N8OS/c1-13(2)5-21(35)34-16-6-14(8-27-10-16)15-7-17-24(32-33-25(17)29-9-15)26-30-19-12-28-11-18(23(19)31-26)20-3-4-22(34)36-20/h3-4,6-13,32H,5H2,1-2H3,(H,29,33). The van der Waals surface area contributed by atoms with Crippen LogP contribution in [-0.2, 0) is 0 Å². The van der Waals surface area contributed by atoms with E-state index in [9.17, 15) is 4.79 Å². The van der Waals surface area contributed by atoms with Crippen molar-refractivity contribution >= 4 is 70.8 Å². The molecule has 0 aliphatic carbocycles. The highest BCUT2D eigenvalue weighted by molar-refractivity contribution is 7.24. The molecule has 8 bridgehead atoms. The molecule has 2 aliphatic rings. The second-order valence-electron chi connectivity index (χ2n) is 9.24. The van der Waals surface area contributed by atoms with Crippen LogP contribution < -0.4 is 0 Å². The Labute approximate surface area is 207 Å². The van der Waals surface area contributed by atoms with Gasteiger partial charge in [0.2, 0.25) is 5.91 Å². The number of aromatic nitrogens is 8. The van der Waals surface area contributed by atoms with Crippen LogP contribution >= 0.6 is 11.3 Å². The van der Waals surface area contributed by atoms with Crippen molar-refractivity contribution in [3.8, 4) is 11.3 Å². The average molecular weight is 493 g/mol. The van der Waals surface area contributed by atoms with E-state index in [1.165, 1.54) is 11.3 Å². The van der Waals surface area contributed by atoms with Gasteiger partial charge in [0, 0.05) is 51.4 Å². The van der Waals surface area contributed by atoms with E-state index in [2.05, 4.69) is 25.1 Å². The van der Waals surface area contributed by atoms with Crippen LogP contribution in [0.1, 0.15) is 25.1 Å². The number of imidazole rings is 1. The maximum Gasteiger partial charge on any atom is 0.232 e. The van der Waals surface area contributed by atoms with Gasteiger partial charge in [-0.15, -0.1) is 11.3 Å². The molecular formula is C26H20N8OS. The molecule has 0 unspecified atom stereocenters. The molecule has 0 aromatic carbocycles. The fourth-order valence-corrected chi connectivity index (χ4v) is 5.65. The molecule has 0 saturated carbocycles. The van der Waals surface area contributed by atoms with Gasteiger partial charge in [0.15, 0.2) is 11.3 Å². The van der Waals surface area contributed by atoms with Crippen molar-refractivity contribution in [2.75, 3.05) is 0 Å². The lowest BCUT2D eigenvalue weighted by atomic mass is 10.1. The number of carbonyl (C=O) groups excluding carboxylic acids is 1. The highest BCUT2D eigenvalue weighted by atomic mass is 32.1. The van der Waals surface area contributed by atoms with Crippen molar-refractivity contribution in [3.63, 3.8) is 0 Å². The monoisotopic (exact) mass is 492 g/mol. The lowest BCUT2D eigenvalue weighted by Crippen LogP contribution is -2.13. The molecule has 2 N–H and O–H groups in total. The molecule has 0 spiro atoms. The molecule has 2 aliphatic heterocycles. The van der Waals surface area contributed by atoms with Gasteiger partial charge in [0.25, 0.3) is 0 Å². The third-order valence-corrected chi connectivity index (χ3v) is 7.36. The van der Waals surface area contributed by atoms with E-state index in [1.807, 2.05) is 38.1 Å². The van der Waals surface area contributed by atoms with Crippen molar-refractivity contribution in [2.24, 2.45) is 5.92 Å². The van der Waals surface area contributed by atoms with E-state index in [0.29, 0.717) is 28.7 Å². The van der Waals surface area contributed by atoms with E-state index in [1.54, 1.807) is 35.6 Å². The van der Waals surface area contributed by atoms with E-state index in [-0.39, 0.29) is 11.8 Å². The first-order chi connectivity index (χ1) is 17.5. The normalized spacial score (nSPS) is 12.1. The van der Waals surface area contributed by atoms with Crippen LogP contribution in [0.25, 0.3) is 64.8 Å². The molecule has 0 amide bonds. The minimum Gasteiger partial charge on any atom is -0.295 e. The Hall–Kier alpha value is -4.44. The second-order valence-corrected chi connectivity index (χ2v) is 10.3. The van der Waals surface area contributed by atoms with Gasteiger partial charge in [-0.3, -0.25) is 29.5 Å². The minimum absolute atomic E-state index is 0.0180. The number of fused-ring (bicyclic) bond motifs is 9. The number of thiophene rings is 1. The Morgan fingerprint density at radius 2 is 1.86 bits per heavy atom. The van der Waals surface area contributed by atoms with Crippen LogP contribution in [0.4, 0.5) is 0 Å². The van der Waals surface area contributed by atoms with Gasteiger partial charge >= 0.3 is 0 Å². The third-order valence-electron chi connectivity index (χ3n) is 6.25. The largest absolute Gasteiger partial charge is 0.295 e. The van der Waals surface area contributed by atoms with Crippen LogP contribution in [0.3, 0.4) is 0 Å². The third kappa shape index (κ3) is 3.22. The fourth-order valence-electron chi connectivity index (χ4n) is 4.59. The lowest BCUT2D eigenvalue weighted by molar-refractivity contribution is 0.0897. The number of hydrogen-bond acceptors (Lipinski definition) is 7. The Kier molecular flexibility index (Phi) is 4.52. The first kappa shape index (κ1) is 20.9. The predicted molar refractivity (Wildman–Crippen MR) is 142 cm³/mol. The lowest BCUT2D eigenvalue weighted by Gasteiger charge is -2.09. The molecule has 9 nitrogen and oxygen atoms in total. The zero-order chi connectivity index (χ0) is 24.4. The zero-order valence-electron chi connectivity index (χ0n) is 19.5. The maximum atomic E-state index is 13.5. The summed E-state index contributed by atoms with van der Waals surface area (Å²) in [5, 5.41) is 8.92. The number of hydrogen-bond donors (Lipinski definition) is 2. The van der Waals surface area contributed by atoms with Crippen molar-refractivity contribution in [1.82, 2.24) is 39.7 Å². The summed E-state index contributed by atoms with van der Waals surface area (Å²) in [7, 11) is 0. The number of rotatable bonds is 2. The van der Waals surface area contributed by atoms with Gasteiger partial charge in [-0.25, -0.2) is 15.0 Å². The number of carbonyl (C=O) groups is 1. The number of pyridine rings is 3. The molecule has 7 heterocycles. The maximum absolute atomic E-state index is 13.5. The molecule has 0 saturated heterocycles. The van der Waals surface area contributed by atoms with Gasteiger partial charge in [0.05, 0.1) is 17.9 Å². The Morgan fingerprint density at radius 3 is 2.75 bits per heavy atom. The van der Waals surface area contributed by atoms with Crippen molar-refractivity contribution in [3.05, 3.63) is 55.2 Å². The molecule has 5 aromatic heterocycles. The van der Waals surface area contributed by atoms with Gasteiger partial charge in [-0.05, 0) is 30.2 Å². The van der Waals surface area contributed by atoms with Crippen molar-refractivity contribution in [2.45, 2.75) is 20.3 Å². The van der Waals surface area contributed by atoms with Gasteiger partial charge in [-0.1, -0.05) is 13.8 Å². The Morgan fingerprint density at radius 1 is 1.00 bits per heavy atom. The summed E-state index contributed by atoms with van der Waals surface area (Å²) in [6.07, 6.45) is 9.26. The summed E-state index contributed by atoms with van der Waals surface area (Å²) in [4.78, 5) is 37.5. The number of nitrogens with one attached hydrogen (secondary N) is 2. The number of nitrogens with zero attached hydrogens (tertiary/aromatic N) is 6. The molecule has 5 aromatic rings. The molecule has 176 valence electrons. The zero-order valence-corrected chi connectivity index (χ0v) is 20.3. The summed E-state index contributed by atoms with van der Waals surface area (Å²) in [6, 6.07) is 8.01. The van der Waals surface area contributed by atoms with Crippen LogP contribution in [0.15, 0.2) is 55.2 Å². The summed E-state index contributed by atoms with van der Waals surface area (Å²) in [5.74, 6) is 0.236. The quantitative estimate of drug-likeness (QED) is 0.312. The van der Waals surface area contributed by atoms with Gasteiger partial charge < -0.3 is 0 Å². The first-order valence-electron chi connectivity index (χ1n) is 11.6. The summed E-state index contributed by atoms with van der Waals surface area (Å²) < 4.78 is 2.72. The molecule has 36 heavy (non-hydrogen) atoms. The van der Waals surface area contributed by atoms with E-state index in [0.717, 1.165) is 42.5 Å². The van der Waals surface area contributed by atoms with Gasteiger partial charge in [-0.2, -0.15) is 0 Å². The van der Waals surface area contributed by atoms with Crippen LogP contribution in [0.5, 0.6) is 0 Å². The summed E-state index contributed by atoms with van der Waals surface area (Å²) in [5.41, 5.74) is 5.07. The van der Waals surface area contributed by atoms with Crippen molar-refractivity contribution < 1.29 is 4.79 Å². The average Bonchev–Trinajstić information content (AvgIpc) is 3.60. The Bertz CT molecular complexity index is 1990. The van der Waals surface area contributed by atoms with Crippen LogP contribution in [0.2, 0.25) is 0 Å². The first-order valence-corrected chi connectivity index (χ1v) is 12.4. The van der Waals surface area contributed by atoms with Crippen molar-refractivity contribution in [1.29, 1.82) is 0 Å². The molecule has 10 heteroatoms. The van der Waals surface area contributed by atoms with Gasteiger partial charge in [0.1, 0.15) is 21.6 Å². The molecule has 0 atom stereocenters. The van der Waals surface area contributed by atoms with Crippen LogP contribution in [-0.4, -0.2) is 45.6 Å². The van der Waals surface area contributed by atoms with Crippen LogP contribution in [0, 0.1) is 5.92 Å². The summed E-state index contributed by atoms with van der Waals surface area (Å²) >= 11 is 1.52. The predicted octanol–water partition coefficient (Wildman–Crippen LogP) is 5.86. The molecule has 0 radical (unpaired) electrons. The minimum atomic E-state index is 0.0180. The van der Waals surface area contributed by atoms with E-state index >= 15 is 0 Å². The SMILES string of the molecule is CC(C)CC(=O)n1c2cncc(c2)c2cnc3[nH][nH]c(c4nc5cncc(c6ccc1s6)c5n4)-c3c2. The number of aromatic amines is 2. The van der Waals surface area contributed by atoms with E-state index < -0.39 is 0 Å². The fraction of sp³-hybridized carbons (Fsp3) is 0.154. The summed E-state index contributed by atoms with van der Waals surface area (Å²) in [6.45, 7) is 4.09. The second kappa shape index (κ2) is 7.79. The topological polar surface area (TPSA) is 118 Å².